The van der Waals surface area contributed by atoms with Crippen molar-refractivity contribution in [1.29, 1.82) is 0 Å². The quantitative estimate of drug-likeness (QED) is 0.397. The lowest BCUT2D eigenvalue weighted by Gasteiger charge is -2.06. The number of nitrogen functional groups attached to an aromatic ring is 1. The molecular weight excluding hydrogens is 377 g/mol. The summed E-state index contributed by atoms with van der Waals surface area (Å²) in [6.07, 6.45) is 4.35. The Morgan fingerprint density at radius 1 is 1.03 bits per heavy atom. The zero-order valence-electron chi connectivity index (χ0n) is 16.5. The van der Waals surface area contributed by atoms with E-state index in [4.69, 9.17) is 5.73 Å². The van der Waals surface area contributed by atoms with Crippen LogP contribution in [0.1, 0.15) is 29.0 Å². The minimum Gasteiger partial charge on any atom is -0.397 e. The molecule has 0 heterocycles. The largest absolute Gasteiger partial charge is 0.397 e. The van der Waals surface area contributed by atoms with E-state index in [0.717, 1.165) is 18.5 Å². The van der Waals surface area contributed by atoms with Crippen molar-refractivity contribution in [3.05, 3.63) is 101 Å². The van der Waals surface area contributed by atoms with Gasteiger partial charge in [-0.25, -0.2) is 4.39 Å². The molecule has 1 amide bonds. The van der Waals surface area contributed by atoms with Crippen LogP contribution in [0.15, 0.2) is 78.9 Å². The van der Waals surface area contributed by atoms with Gasteiger partial charge in [0.15, 0.2) is 0 Å². The van der Waals surface area contributed by atoms with E-state index in [9.17, 15) is 9.18 Å². The van der Waals surface area contributed by atoms with Crippen LogP contribution in [-0.2, 0) is 11.3 Å². The molecule has 1 saturated carbocycles. The molecule has 5 heteroatoms. The molecule has 1 aliphatic carbocycles. The van der Waals surface area contributed by atoms with Crippen LogP contribution in [0.2, 0.25) is 0 Å². The van der Waals surface area contributed by atoms with Crippen LogP contribution in [0, 0.1) is 5.82 Å². The van der Waals surface area contributed by atoms with E-state index >= 15 is 0 Å². The second-order valence-electron chi connectivity index (χ2n) is 7.53. The molecule has 0 aromatic heterocycles. The average Bonchev–Trinajstić information content (AvgIpc) is 3.53. The Balaban J connectivity index is 1.25. The van der Waals surface area contributed by atoms with Crippen LogP contribution in [0.25, 0.3) is 6.08 Å². The molecule has 0 radical (unpaired) electrons. The summed E-state index contributed by atoms with van der Waals surface area (Å²) in [6.45, 7) is 0.778. The Hall–Kier alpha value is -3.44. The van der Waals surface area contributed by atoms with Gasteiger partial charge in [0.2, 0.25) is 5.91 Å². The van der Waals surface area contributed by atoms with Crippen molar-refractivity contribution < 1.29 is 9.18 Å². The number of benzene rings is 3. The Morgan fingerprint density at radius 3 is 2.50 bits per heavy atom. The van der Waals surface area contributed by atoms with Crippen molar-refractivity contribution in [3.8, 4) is 0 Å². The predicted molar refractivity (Wildman–Crippen MR) is 119 cm³/mol. The Bertz CT molecular complexity index is 1040. The van der Waals surface area contributed by atoms with E-state index in [2.05, 4.69) is 22.8 Å². The molecule has 30 heavy (non-hydrogen) atoms. The van der Waals surface area contributed by atoms with Gasteiger partial charge in [-0.3, -0.25) is 4.79 Å². The molecule has 0 spiro atoms. The van der Waals surface area contributed by atoms with E-state index in [0.29, 0.717) is 23.3 Å². The van der Waals surface area contributed by atoms with Gasteiger partial charge in [-0.1, -0.05) is 48.5 Å². The predicted octanol–water partition coefficient (Wildman–Crippen LogP) is 4.71. The second-order valence-corrected chi connectivity index (χ2v) is 7.53. The minimum absolute atomic E-state index is 0.195. The fourth-order valence-corrected chi connectivity index (χ4v) is 3.45. The van der Waals surface area contributed by atoms with Crippen LogP contribution in [0.3, 0.4) is 0 Å². The normalized spacial score (nSPS) is 17.8. The summed E-state index contributed by atoms with van der Waals surface area (Å²) in [7, 11) is 0. The first-order valence-electron chi connectivity index (χ1n) is 10.00. The lowest BCUT2D eigenvalue weighted by molar-refractivity contribution is -0.111. The number of anilines is 2. The molecule has 4 rings (SSSR count). The number of carbonyl (C=O) groups is 1. The van der Waals surface area contributed by atoms with Gasteiger partial charge in [-0.2, -0.15) is 0 Å². The summed E-state index contributed by atoms with van der Waals surface area (Å²) in [4.78, 5) is 12.1. The summed E-state index contributed by atoms with van der Waals surface area (Å²) in [6, 6.07) is 22.4. The molecule has 0 aliphatic heterocycles. The third-order valence-electron chi connectivity index (χ3n) is 5.28. The fourth-order valence-electron chi connectivity index (χ4n) is 3.45. The minimum atomic E-state index is -0.223. The highest BCUT2D eigenvalue weighted by Crippen LogP contribution is 2.40. The standard InChI is InChI=1S/C25H24FN3O/c26-20-12-10-19(11-13-20)21-15-24(21)28-16-18-7-5-17(6-8-18)9-14-25(30)29-23-4-2-1-3-22(23)27/h1-14,21,24,28H,15-16,27H2,(H,29,30)/b14-9+. The highest BCUT2D eigenvalue weighted by Gasteiger charge is 2.37. The Morgan fingerprint density at radius 2 is 1.77 bits per heavy atom. The van der Waals surface area contributed by atoms with Crippen LogP contribution < -0.4 is 16.4 Å². The number of hydrogen-bond acceptors (Lipinski definition) is 3. The third kappa shape index (κ3) is 5.13. The number of nitrogens with two attached hydrogens (primary N) is 1. The van der Waals surface area contributed by atoms with Gasteiger partial charge in [-0.15, -0.1) is 0 Å². The Labute approximate surface area is 175 Å². The van der Waals surface area contributed by atoms with E-state index in [1.54, 1.807) is 18.2 Å². The van der Waals surface area contributed by atoms with Gasteiger partial charge in [-0.05, 0) is 53.5 Å². The van der Waals surface area contributed by atoms with E-state index in [1.807, 2.05) is 36.4 Å². The maximum absolute atomic E-state index is 13.0. The molecule has 0 bridgehead atoms. The molecule has 3 aromatic rings. The maximum Gasteiger partial charge on any atom is 0.248 e. The van der Waals surface area contributed by atoms with Gasteiger partial charge in [0, 0.05) is 24.6 Å². The number of para-hydroxylation sites is 2. The fraction of sp³-hybridized carbons (Fsp3) is 0.160. The van der Waals surface area contributed by atoms with E-state index in [1.165, 1.54) is 29.3 Å². The first kappa shape index (κ1) is 19.9. The third-order valence-corrected chi connectivity index (χ3v) is 5.28. The molecule has 4 nitrogen and oxygen atoms in total. The van der Waals surface area contributed by atoms with Gasteiger partial charge < -0.3 is 16.4 Å². The van der Waals surface area contributed by atoms with Crippen LogP contribution in [-0.4, -0.2) is 11.9 Å². The number of nitrogens with one attached hydrogen (secondary N) is 2. The van der Waals surface area contributed by atoms with Crippen molar-refractivity contribution in [2.45, 2.75) is 24.9 Å². The van der Waals surface area contributed by atoms with E-state index in [-0.39, 0.29) is 11.7 Å². The molecule has 2 unspecified atom stereocenters. The van der Waals surface area contributed by atoms with Crippen molar-refractivity contribution >= 4 is 23.4 Å². The molecule has 2 atom stereocenters. The lowest BCUT2D eigenvalue weighted by Crippen LogP contribution is -2.17. The highest BCUT2D eigenvalue weighted by molar-refractivity contribution is 6.03. The summed E-state index contributed by atoms with van der Waals surface area (Å²) in [5.41, 5.74) is 10.3. The van der Waals surface area contributed by atoms with Crippen LogP contribution >= 0.6 is 0 Å². The van der Waals surface area contributed by atoms with Gasteiger partial charge in [0.1, 0.15) is 5.82 Å². The van der Waals surface area contributed by atoms with Crippen molar-refractivity contribution in [2.75, 3.05) is 11.1 Å². The number of hydrogen-bond donors (Lipinski definition) is 3. The van der Waals surface area contributed by atoms with Crippen molar-refractivity contribution in [3.63, 3.8) is 0 Å². The zero-order valence-corrected chi connectivity index (χ0v) is 16.5. The van der Waals surface area contributed by atoms with Crippen LogP contribution in [0.5, 0.6) is 0 Å². The first-order valence-corrected chi connectivity index (χ1v) is 10.00. The second kappa shape index (κ2) is 8.93. The van der Waals surface area contributed by atoms with Gasteiger partial charge in [0.25, 0.3) is 0 Å². The number of halogens is 1. The van der Waals surface area contributed by atoms with Crippen LogP contribution in [0.4, 0.5) is 15.8 Å². The number of rotatable bonds is 7. The number of carbonyl (C=O) groups excluding carboxylic acids is 1. The summed E-state index contributed by atoms with van der Waals surface area (Å²) >= 11 is 0. The molecule has 4 N–H and O–H groups in total. The first-order chi connectivity index (χ1) is 14.6. The Kier molecular flexibility index (Phi) is 5.91. The SMILES string of the molecule is Nc1ccccc1NC(=O)/C=C/c1ccc(CNC2CC2c2ccc(F)cc2)cc1. The van der Waals surface area contributed by atoms with E-state index < -0.39 is 0 Å². The zero-order chi connectivity index (χ0) is 20.9. The van der Waals surface area contributed by atoms with Gasteiger partial charge >= 0.3 is 0 Å². The topological polar surface area (TPSA) is 67.1 Å². The average molecular weight is 401 g/mol. The van der Waals surface area contributed by atoms with Gasteiger partial charge in [0.05, 0.1) is 11.4 Å². The molecule has 152 valence electrons. The summed E-state index contributed by atoms with van der Waals surface area (Å²) in [5.74, 6) is 0.0453. The molecular formula is C25H24FN3O. The van der Waals surface area contributed by atoms with Crippen molar-refractivity contribution in [1.82, 2.24) is 5.32 Å². The van der Waals surface area contributed by atoms with Crippen molar-refractivity contribution in [2.24, 2.45) is 0 Å². The smallest absolute Gasteiger partial charge is 0.248 e. The maximum atomic E-state index is 13.0. The molecule has 1 fully saturated rings. The monoisotopic (exact) mass is 401 g/mol. The lowest BCUT2D eigenvalue weighted by atomic mass is 10.1. The number of amides is 1. The molecule has 3 aromatic carbocycles. The summed E-state index contributed by atoms with van der Waals surface area (Å²) < 4.78 is 13.0. The molecule has 1 aliphatic rings. The molecule has 0 saturated heterocycles. The summed E-state index contributed by atoms with van der Waals surface area (Å²) in [5, 5.41) is 6.32. The highest BCUT2D eigenvalue weighted by atomic mass is 19.1.